The molecule has 4 nitrogen and oxygen atoms in total. The minimum Gasteiger partial charge on any atom is -0.478 e. The number of hydrogen-bond acceptors (Lipinski definition) is 3. The number of nitrogens with zero attached hydrogens (tertiary/aromatic N) is 1. The molecule has 19 heavy (non-hydrogen) atoms. The first-order valence-electron chi connectivity index (χ1n) is 5.38. The van der Waals surface area contributed by atoms with Gasteiger partial charge in [0, 0.05) is 15.6 Å². The van der Waals surface area contributed by atoms with Gasteiger partial charge in [0.15, 0.2) is 0 Å². The zero-order chi connectivity index (χ0) is 13.8. The van der Waals surface area contributed by atoms with Gasteiger partial charge in [-0.05, 0) is 30.3 Å². The van der Waals surface area contributed by atoms with Crippen LogP contribution in [0.3, 0.4) is 0 Å². The van der Waals surface area contributed by atoms with Crippen LogP contribution in [0.5, 0.6) is 0 Å². The summed E-state index contributed by atoms with van der Waals surface area (Å²) in [5.74, 6) is -0.761. The van der Waals surface area contributed by atoms with Gasteiger partial charge < -0.3 is 5.11 Å². The summed E-state index contributed by atoms with van der Waals surface area (Å²) in [6.07, 6.45) is 1.27. The van der Waals surface area contributed by atoms with Crippen LogP contribution in [0.2, 0.25) is 0 Å². The van der Waals surface area contributed by atoms with Crippen molar-refractivity contribution in [3.8, 4) is 0 Å². The number of hydrogen-bond donors (Lipinski definition) is 1. The quantitative estimate of drug-likeness (QED) is 0.929. The molecule has 98 valence electrons. The predicted molar refractivity (Wildman–Crippen MR) is 75.5 cm³/mol. The lowest BCUT2D eigenvalue weighted by atomic mass is 10.2. The normalized spacial score (nSPS) is 12.1. The number of carbonyl (C=O) groups is 1. The average Bonchev–Trinajstić information content (AvgIpc) is 2.39. The van der Waals surface area contributed by atoms with Crippen LogP contribution in [0.4, 0.5) is 0 Å². The number of carboxylic acid groups (broad SMARTS) is 1. The van der Waals surface area contributed by atoms with Gasteiger partial charge in [0.25, 0.3) is 0 Å². The highest BCUT2D eigenvalue weighted by Gasteiger charge is 2.08. The number of carboxylic acids is 1. The Morgan fingerprint density at radius 1 is 1.32 bits per heavy atom. The van der Waals surface area contributed by atoms with Crippen molar-refractivity contribution in [2.45, 2.75) is 10.6 Å². The van der Waals surface area contributed by atoms with E-state index in [0.717, 1.165) is 4.47 Å². The molecule has 1 N–H and O–H groups in total. The molecule has 0 amide bonds. The smallest absolute Gasteiger partial charge is 0.337 e. The Hall–Kier alpha value is -1.53. The van der Waals surface area contributed by atoms with Crippen molar-refractivity contribution in [1.29, 1.82) is 0 Å². The van der Waals surface area contributed by atoms with Gasteiger partial charge in [0.05, 0.1) is 27.8 Å². The Labute approximate surface area is 121 Å². The van der Waals surface area contributed by atoms with Crippen LogP contribution in [0, 0.1) is 0 Å². The van der Waals surface area contributed by atoms with Gasteiger partial charge in [-0.1, -0.05) is 22.0 Å². The highest BCUT2D eigenvalue weighted by atomic mass is 79.9. The van der Waals surface area contributed by atoms with Crippen molar-refractivity contribution in [3.05, 3.63) is 58.3 Å². The molecule has 1 aromatic heterocycles. The minimum absolute atomic E-state index is 0.122. The largest absolute Gasteiger partial charge is 0.478 e. The SMILES string of the molecule is O=C(O)c1ccc(CS(=O)c2cccc(Br)c2)nc1. The molecule has 0 bridgehead atoms. The molecule has 0 aliphatic heterocycles. The highest BCUT2D eigenvalue weighted by Crippen LogP contribution is 2.17. The second kappa shape index (κ2) is 6.08. The standard InChI is InChI=1S/C13H10BrNO3S/c14-10-2-1-3-12(6-10)19(18)8-11-5-4-9(7-15-11)13(16)17/h1-7H,8H2,(H,16,17). The average molecular weight is 340 g/mol. The van der Waals surface area contributed by atoms with Gasteiger partial charge in [0.1, 0.15) is 0 Å². The van der Waals surface area contributed by atoms with E-state index in [1.807, 2.05) is 12.1 Å². The lowest BCUT2D eigenvalue weighted by molar-refractivity contribution is 0.0696. The molecule has 0 aliphatic carbocycles. The van der Waals surface area contributed by atoms with Crippen LogP contribution in [0.25, 0.3) is 0 Å². The Kier molecular flexibility index (Phi) is 4.44. The summed E-state index contributed by atoms with van der Waals surface area (Å²) in [6.45, 7) is 0. The van der Waals surface area contributed by atoms with Gasteiger partial charge >= 0.3 is 5.97 Å². The maximum atomic E-state index is 12.1. The molecule has 6 heteroatoms. The van der Waals surface area contributed by atoms with Crippen molar-refractivity contribution in [3.63, 3.8) is 0 Å². The molecule has 0 saturated carbocycles. The van der Waals surface area contributed by atoms with Crippen LogP contribution in [0.1, 0.15) is 16.1 Å². The van der Waals surface area contributed by atoms with Gasteiger partial charge in [-0.15, -0.1) is 0 Å². The molecular weight excluding hydrogens is 330 g/mol. The van der Waals surface area contributed by atoms with Crippen molar-refractivity contribution >= 4 is 32.7 Å². The molecule has 1 unspecified atom stereocenters. The van der Waals surface area contributed by atoms with E-state index in [-0.39, 0.29) is 11.3 Å². The predicted octanol–water partition coefficient (Wildman–Crippen LogP) is 2.85. The maximum Gasteiger partial charge on any atom is 0.337 e. The zero-order valence-electron chi connectivity index (χ0n) is 9.75. The molecular formula is C13H10BrNO3S. The first kappa shape index (κ1) is 13.9. The van der Waals surface area contributed by atoms with Crippen molar-refractivity contribution in [1.82, 2.24) is 4.98 Å². The van der Waals surface area contributed by atoms with E-state index < -0.39 is 16.8 Å². The summed E-state index contributed by atoms with van der Waals surface area (Å²) in [6, 6.07) is 10.3. The van der Waals surface area contributed by atoms with E-state index in [9.17, 15) is 9.00 Å². The Balaban J connectivity index is 2.13. The highest BCUT2D eigenvalue weighted by molar-refractivity contribution is 9.10. The Morgan fingerprint density at radius 3 is 2.68 bits per heavy atom. The van der Waals surface area contributed by atoms with E-state index in [0.29, 0.717) is 10.6 Å². The van der Waals surface area contributed by atoms with Gasteiger partial charge in [-0.3, -0.25) is 9.19 Å². The van der Waals surface area contributed by atoms with Gasteiger partial charge in [0.2, 0.25) is 0 Å². The molecule has 1 atom stereocenters. The molecule has 0 radical (unpaired) electrons. The van der Waals surface area contributed by atoms with E-state index in [1.54, 1.807) is 18.2 Å². The number of halogens is 1. The molecule has 0 spiro atoms. The van der Waals surface area contributed by atoms with E-state index in [4.69, 9.17) is 5.11 Å². The Bertz CT molecular complexity index is 628. The molecule has 2 rings (SSSR count). The third-order valence-electron chi connectivity index (χ3n) is 2.41. The summed E-state index contributed by atoms with van der Waals surface area (Å²) >= 11 is 3.33. The van der Waals surface area contributed by atoms with Crippen LogP contribution >= 0.6 is 15.9 Å². The monoisotopic (exact) mass is 339 g/mol. The van der Waals surface area contributed by atoms with E-state index >= 15 is 0 Å². The van der Waals surface area contributed by atoms with Crippen molar-refractivity contribution < 1.29 is 14.1 Å². The van der Waals surface area contributed by atoms with Crippen molar-refractivity contribution in [2.75, 3.05) is 0 Å². The van der Waals surface area contributed by atoms with Crippen LogP contribution in [0.15, 0.2) is 52.0 Å². The number of aromatic carboxylic acids is 1. The summed E-state index contributed by atoms with van der Waals surface area (Å²) in [7, 11) is -1.20. The number of benzene rings is 1. The van der Waals surface area contributed by atoms with Gasteiger partial charge in [-0.2, -0.15) is 0 Å². The minimum atomic E-state index is -1.20. The molecule has 1 aromatic carbocycles. The van der Waals surface area contributed by atoms with Gasteiger partial charge in [-0.25, -0.2) is 4.79 Å². The molecule has 1 heterocycles. The molecule has 0 saturated heterocycles. The fourth-order valence-electron chi connectivity index (χ4n) is 1.46. The topological polar surface area (TPSA) is 67.3 Å². The second-order valence-electron chi connectivity index (χ2n) is 3.79. The lowest BCUT2D eigenvalue weighted by Gasteiger charge is -2.03. The van der Waals surface area contributed by atoms with Crippen LogP contribution in [-0.2, 0) is 16.6 Å². The van der Waals surface area contributed by atoms with Crippen LogP contribution in [-0.4, -0.2) is 20.3 Å². The fraction of sp³-hybridized carbons (Fsp3) is 0.0769. The third-order valence-corrected chi connectivity index (χ3v) is 4.24. The number of aromatic nitrogens is 1. The summed E-state index contributed by atoms with van der Waals surface area (Å²) < 4.78 is 13.0. The fourth-order valence-corrected chi connectivity index (χ4v) is 3.11. The summed E-state index contributed by atoms with van der Waals surface area (Å²) in [5, 5.41) is 8.76. The lowest BCUT2D eigenvalue weighted by Crippen LogP contribution is -2.02. The molecule has 2 aromatic rings. The maximum absolute atomic E-state index is 12.1. The Morgan fingerprint density at radius 2 is 2.11 bits per heavy atom. The number of rotatable bonds is 4. The van der Waals surface area contributed by atoms with E-state index in [2.05, 4.69) is 20.9 Å². The molecule has 0 aliphatic rings. The van der Waals surface area contributed by atoms with Crippen molar-refractivity contribution in [2.24, 2.45) is 0 Å². The first-order chi connectivity index (χ1) is 9.06. The summed E-state index contributed by atoms with van der Waals surface area (Å²) in [4.78, 5) is 15.4. The third kappa shape index (κ3) is 3.71. The molecule has 0 fully saturated rings. The summed E-state index contributed by atoms with van der Waals surface area (Å²) in [5.41, 5.74) is 0.722. The number of pyridine rings is 1. The van der Waals surface area contributed by atoms with E-state index in [1.165, 1.54) is 12.3 Å². The first-order valence-corrected chi connectivity index (χ1v) is 7.49. The van der Waals surface area contributed by atoms with Crippen LogP contribution < -0.4 is 0 Å². The zero-order valence-corrected chi connectivity index (χ0v) is 12.1. The second-order valence-corrected chi connectivity index (χ2v) is 6.16.